The fourth-order valence-corrected chi connectivity index (χ4v) is 2.71. The average molecular weight is 380 g/mol. The van der Waals surface area contributed by atoms with Crippen molar-refractivity contribution in [2.24, 2.45) is 5.73 Å². The molecular formula is C21H20N2O5. The van der Waals surface area contributed by atoms with E-state index >= 15 is 0 Å². The standard InChI is InChI=1S/C21H20N2O5/c1-13-9-20(25)28-18-10-15(7-8-16(13)18)23-21(26)17(22)11-19(24)27-12-14-5-3-2-4-6-14/h2-10,17H,11-12,22H2,1H3,(H,23,26)/t17-/m0/s1. The van der Waals surface area contributed by atoms with Crippen molar-refractivity contribution in [2.45, 2.75) is 26.0 Å². The number of rotatable bonds is 6. The zero-order valence-electron chi connectivity index (χ0n) is 15.3. The van der Waals surface area contributed by atoms with Gasteiger partial charge >= 0.3 is 11.6 Å². The van der Waals surface area contributed by atoms with Gasteiger partial charge in [0.25, 0.3) is 0 Å². The maximum atomic E-state index is 12.3. The van der Waals surface area contributed by atoms with Crippen molar-refractivity contribution in [1.82, 2.24) is 0 Å². The highest BCUT2D eigenvalue weighted by molar-refractivity contribution is 5.98. The quantitative estimate of drug-likeness (QED) is 0.502. The van der Waals surface area contributed by atoms with E-state index in [1.54, 1.807) is 25.1 Å². The minimum Gasteiger partial charge on any atom is -0.461 e. The molecule has 0 saturated heterocycles. The van der Waals surface area contributed by atoms with E-state index < -0.39 is 23.5 Å². The Morgan fingerprint density at radius 3 is 2.64 bits per heavy atom. The normalized spacial score (nSPS) is 11.8. The number of carbonyl (C=O) groups is 2. The van der Waals surface area contributed by atoms with Crippen molar-refractivity contribution >= 4 is 28.5 Å². The number of esters is 1. The second-order valence-electron chi connectivity index (χ2n) is 6.41. The Balaban J connectivity index is 1.58. The van der Waals surface area contributed by atoms with Crippen LogP contribution >= 0.6 is 0 Å². The zero-order chi connectivity index (χ0) is 20.1. The number of nitrogens with two attached hydrogens (primary N) is 1. The van der Waals surface area contributed by atoms with Crippen LogP contribution in [0.15, 0.2) is 63.8 Å². The first-order valence-corrected chi connectivity index (χ1v) is 8.73. The van der Waals surface area contributed by atoms with Crippen LogP contribution in [0.3, 0.4) is 0 Å². The summed E-state index contributed by atoms with van der Waals surface area (Å²) in [5.41, 5.74) is 7.75. The van der Waals surface area contributed by atoms with Gasteiger partial charge in [-0.25, -0.2) is 4.79 Å². The summed E-state index contributed by atoms with van der Waals surface area (Å²) >= 11 is 0. The molecule has 0 unspecified atom stereocenters. The molecule has 0 aliphatic heterocycles. The summed E-state index contributed by atoms with van der Waals surface area (Å²) in [6.07, 6.45) is -0.250. The lowest BCUT2D eigenvalue weighted by atomic mass is 10.1. The lowest BCUT2D eigenvalue weighted by Gasteiger charge is -2.12. The van der Waals surface area contributed by atoms with Crippen molar-refractivity contribution in [3.8, 4) is 0 Å². The lowest BCUT2D eigenvalue weighted by molar-refractivity contribution is -0.146. The van der Waals surface area contributed by atoms with Gasteiger partial charge in [-0.1, -0.05) is 30.3 Å². The molecule has 3 rings (SSSR count). The van der Waals surface area contributed by atoms with Crippen LogP contribution in [0.25, 0.3) is 11.0 Å². The number of hydrogen-bond acceptors (Lipinski definition) is 6. The van der Waals surface area contributed by atoms with E-state index in [0.29, 0.717) is 11.3 Å². The molecule has 0 aliphatic rings. The van der Waals surface area contributed by atoms with Gasteiger partial charge in [0, 0.05) is 23.2 Å². The topological polar surface area (TPSA) is 112 Å². The highest BCUT2D eigenvalue weighted by Crippen LogP contribution is 2.20. The van der Waals surface area contributed by atoms with Gasteiger partial charge in [0.05, 0.1) is 12.5 Å². The first-order valence-electron chi connectivity index (χ1n) is 8.73. The second kappa shape index (κ2) is 8.49. The van der Waals surface area contributed by atoms with E-state index in [1.807, 2.05) is 30.3 Å². The molecule has 0 radical (unpaired) electrons. The van der Waals surface area contributed by atoms with Crippen LogP contribution in [0, 0.1) is 6.92 Å². The van der Waals surface area contributed by atoms with E-state index in [1.165, 1.54) is 6.07 Å². The number of ether oxygens (including phenoxy) is 1. The highest BCUT2D eigenvalue weighted by atomic mass is 16.5. The van der Waals surface area contributed by atoms with Crippen molar-refractivity contribution in [1.29, 1.82) is 0 Å². The molecule has 7 nitrogen and oxygen atoms in total. The summed E-state index contributed by atoms with van der Waals surface area (Å²) in [6.45, 7) is 1.92. The van der Waals surface area contributed by atoms with Crippen molar-refractivity contribution in [2.75, 3.05) is 5.32 Å². The van der Waals surface area contributed by atoms with E-state index in [0.717, 1.165) is 16.5 Å². The molecule has 0 bridgehead atoms. The maximum absolute atomic E-state index is 12.3. The molecule has 28 heavy (non-hydrogen) atoms. The van der Waals surface area contributed by atoms with Crippen LogP contribution in [0.2, 0.25) is 0 Å². The summed E-state index contributed by atoms with van der Waals surface area (Å²) in [5, 5.41) is 3.39. The number of nitrogens with one attached hydrogen (secondary N) is 1. The van der Waals surface area contributed by atoms with Crippen LogP contribution in [0.4, 0.5) is 5.69 Å². The first kappa shape index (κ1) is 19.3. The molecule has 2 aromatic carbocycles. The summed E-state index contributed by atoms with van der Waals surface area (Å²) in [5.74, 6) is -1.10. The van der Waals surface area contributed by atoms with Crippen LogP contribution in [0.5, 0.6) is 0 Å². The minimum atomic E-state index is -1.07. The fraction of sp³-hybridized carbons (Fsp3) is 0.190. The first-order chi connectivity index (χ1) is 13.4. The molecule has 1 aromatic heterocycles. The van der Waals surface area contributed by atoms with Gasteiger partial charge in [0.2, 0.25) is 5.91 Å². The number of benzene rings is 2. The Kier molecular flexibility index (Phi) is 5.86. The number of fused-ring (bicyclic) bond motifs is 1. The molecule has 0 spiro atoms. The van der Waals surface area contributed by atoms with Gasteiger partial charge in [-0.05, 0) is 30.2 Å². The number of carbonyl (C=O) groups excluding carboxylic acids is 2. The number of hydrogen-bond donors (Lipinski definition) is 2. The lowest BCUT2D eigenvalue weighted by Crippen LogP contribution is -2.37. The molecule has 1 heterocycles. The third kappa shape index (κ3) is 4.83. The van der Waals surface area contributed by atoms with Crippen molar-refractivity contribution in [3.63, 3.8) is 0 Å². The summed E-state index contributed by atoms with van der Waals surface area (Å²) in [6, 6.07) is 14.5. The van der Waals surface area contributed by atoms with Crippen LogP contribution < -0.4 is 16.7 Å². The number of anilines is 1. The van der Waals surface area contributed by atoms with Crippen LogP contribution in [-0.2, 0) is 20.9 Å². The summed E-state index contributed by atoms with van der Waals surface area (Å²) in [4.78, 5) is 35.7. The second-order valence-corrected chi connectivity index (χ2v) is 6.41. The Morgan fingerprint density at radius 2 is 1.89 bits per heavy atom. The molecular weight excluding hydrogens is 360 g/mol. The average Bonchev–Trinajstić information content (AvgIpc) is 2.66. The third-order valence-electron chi connectivity index (χ3n) is 4.18. The monoisotopic (exact) mass is 380 g/mol. The van der Waals surface area contributed by atoms with Crippen molar-refractivity contribution < 1.29 is 18.7 Å². The molecule has 1 amide bonds. The van der Waals surface area contributed by atoms with Crippen molar-refractivity contribution in [3.05, 3.63) is 76.1 Å². The smallest absolute Gasteiger partial charge is 0.336 e. The predicted octanol–water partition coefficient (Wildman–Crippen LogP) is 2.50. The summed E-state index contributed by atoms with van der Waals surface area (Å²) in [7, 11) is 0. The van der Waals surface area contributed by atoms with Gasteiger partial charge in [0.15, 0.2) is 0 Å². The molecule has 144 valence electrons. The van der Waals surface area contributed by atoms with E-state index in [4.69, 9.17) is 14.9 Å². The molecule has 1 atom stereocenters. The Hall–Kier alpha value is -3.45. The largest absolute Gasteiger partial charge is 0.461 e. The highest BCUT2D eigenvalue weighted by Gasteiger charge is 2.19. The molecule has 0 saturated carbocycles. The molecule has 3 N–H and O–H groups in total. The van der Waals surface area contributed by atoms with Gasteiger partial charge in [0.1, 0.15) is 12.2 Å². The minimum absolute atomic E-state index is 0.122. The van der Waals surface area contributed by atoms with E-state index in [9.17, 15) is 14.4 Å². The number of amides is 1. The van der Waals surface area contributed by atoms with Gasteiger partial charge in [-0.3, -0.25) is 9.59 Å². The van der Waals surface area contributed by atoms with E-state index in [-0.39, 0.29) is 13.0 Å². The molecule has 0 fully saturated rings. The number of aryl methyl sites for hydroxylation is 1. The van der Waals surface area contributed by atoms with Crippen LogP contribution in [-0.4, -0.2) is 17.9 Å². The third-order valence-corrected chi connectivity index (χ3v) is 4.18. The van der Waals surface area contributed by atoms with Gasteiger partial charge in [-0.15, -0.1) is 0 Å². The van der Waals surface area contributed by atoms with Gasteiger partial charge < -0.3 is 20.2 Å². The predicted molar refractivity (Wildman–Crippen MR) is 105 cm³/mol. The summed E-state index contributed by atoms with van der Waals surface area (Å²) < 4.78 is 10.3. The Labute approximate surface area is 161 Å². The molecule has 3 aromatic rings. The van der Waals surface area contributed by atoms with Gasteiger partial charge in [-0.2, -0.15) is 0 Å². The zero-order valence-corrected chi connectivity index (χ0v) is 15.3. The Bertz CT molecular complexity index is 1060. The maximum Gasteiger partial charge on any atom is 0.336 e. The Morgan fingerprint density at radius 1 is 1.14 bits per heavy atom. The molecule has 7 heteroatoms. The molecule has 0 aliphatic carbocycles. The SMILES string of the molecule is Cc1cc(=O)oc2cc(NC(=O)[C@@H](N)CC(=O)OCc3ccccc3)ccc12. The van der Waals surface area contributed by atoms with E-state index in [2.05, 4.69) is 5.32 Å². The van der Waals surface area contributed by atoms with Crippen LogP contribution in [0.1, 0.15) is 17.5 Å². The fourth-order valence-electron chi connectivity index (χ4n) is 2.71.